The number of aromatic amines is 1. The summed E-state index contributed by atoms with van der Waals surface area (Å²) in [7, 11) is 1.39. The van der Waals surface area contributed by atoms with Crippen LogP contribution in [-0.2, 0) is 4.74 Å². The lowest BCUT2D eigenvalue weighted by Gasteiger charge is -2.31. The van der Waals surface area contributed by atoms with E-state index in [1.165, 1.54) is 13.4 Å². The number of hydrogen-bond acceptors (Lipinski definition) is 6. The molecule has 1 amide bonds. The molecule has 0 unspecified atom stereocenters. The van der Waals surface area contributed by atoms with E-state index in [1.807, 2.05) is 13.8 Å². The van der Waals surface area contributed by atoms with Crippen LogP contribution in [0.25, 0.3) is 0 Å². The number of rotatable bonds is 4. The first-order valence-corrected chi connectivity index (χ1v) is 7.25. The number of likely N-dealkylation sites (tertiary alicyclic amines) is 1. The Morgan fingerprint density at radius 3 is 2.68 bits per heavy atom. The quantitative estimate of drug-likeness (QED) is 0.897. The molecule has 2 rings (SSSR count). The summed E-state index contributed by atoms with van der Waals surface area (Å²) in [6, 6.07) is 0. The van der Waals surface area contributed by atoms with E-state index in [0.29, 0.717) is 25.9 Å². The monoisotopic (exact) mass is 311 g/mol. The molecule has 1 N–H and O–H groups in total. The highest BCUT2D eigenvalue weighted by atomic mass is 16.6. The number of hydrogen-bond donors (Lipinski definition) is 1. The first kappa shape index (κ1) is 16.1. The lowest BCUT2D eigenvalue weighted by molar-refractivity contribution is 0.0499. The maximum Gasteiger partial charge on any atom is 0.410 e. The minimum atomic E-state index is -0.384. The van der Waals surface area contributed by atoms with E-state index in [-0.39, 0.29) is 35.5 Å². The van der Waals surface area contributed by atoms with Gasteiger partial charge in [-0.15, -0.1) is 0 Å². The van der Waals surface area contributed by atoms with Gasteiger partial charge in [0.2, 0.25) is 5.75 Å². The fourth-order valence-corrected chi connectivity index (χ4v) is 2.23. The zero-order valence-corrected chi connectivity index (χ0v) is 13.0. The van der Waals surface area contributed by atoms with Crippen LogP contribution in [0.3, 0.4) is 0 Å². The molecule has 1 aliphatic rings. The van der Waals surface area contributed by atoms with Crippen LogP contribution in [0.4, 0.5) is 4.79 Å². The molecule has 0 saturated carbocycles. The molecular weight excluding hydrogens is 290 g/mol. The van der Waals surface area contributed by atoms with Gasteiger partial charge in [0.15, 0.2) is 0 Å². The highest BCUT2D eigenvalue weighted by molar-refractivity contribution is 5.67. The van der Waals surface area contributed by atoms with Crippen molar-refractivity contribution < 1.29 is 19.0 Å². The van der Waals surface area contributed by atoms with E-state index in [9.17, 15) is 9.59 Å². The second-order valence-corrected chi connectivity index (χ2v) is 5.31. The molecular formula is C14H21N3O5. The summed E-state index contributed by atoms with van der Waals surface area (Å²) in [5.41, 5.74) is -0.384. The molecule has 1 fully saturated rings. The van der Waals surface area contributed by atoms with Gasteiger partial charge in [-0.1, -0.05) is 0 Å². The lowest BCUT2D eigenvalue weighted by Crippen LogP contribution is -2.42. The molecule has 1 aromatic rings. The summed E-state index contributed by atoms with van der Waals surface area (Å²) in [5, 5.41) is 0. The summed E-state index contributed by atoms with van der Waals surface area (Å²) in [4.78, 5) is 31.5. The van der Waals surface area contributed by atoms with Crippen molar-refractivity contribution in [1.29, 1.82) is 0 Å². The van der Waals surface area contributed by atoms with Gasteiger partial charge in [-0.3, -0.25) is 4.79 Å². The van der Waals surface area contributed by atoms with Crippen molar-refractivity contribution >= 4 is 6.09 Å². The van der Waals surface area contributed by atoms with Crippen LogP contribution < -0.4 is 15.0 Å². The standard InChI is InChI=1S/C14H21N3O5/c1-9(2)21-14(19)17-6-4-10(5-7-17)22-13-11(20-3)12(18)15-8-16-13/h8-10H,4-7H2,1-3H3,(H,15,16,18). The van der Waals surface area contributed by atoms with Gasteiger partial charge < -0.3 is 24.1 Å². The molecule has 0 spiro atoms. The largest absolute Gasteiger partial charge is 0.487 e. The molecule has 1 aromatic heterocycles. The van der Waals surface area contributed by atoms with Crippen molar-refractivity contribution in [3.63, 3.8) is 0 Å². The molecule has 0 bridgehead atoms. The highest BCUT2D eigenvalue weighted by Crippen LogP contribution is 2.23. The topological polar surface area (TPSA) is 93.8 Å². The van der Waals surface area contributed by atoms with Gasteiger partial charge in [0.25, 0.3) is 11.4 Å². The van der Waals surface area contributed by atoms with Crippen LogP contribution in [0, 0.1) is 0 Å². The van der Waals surface area contributed by atoms with Crippen molar-refractivity contribution in [2.75, 3.05) is 20.2 Å². The second-order valence-electron chi connectivity index (χ2n) is 5.31. The molecule has 22 heavy (non-hydrogen) atoms. The SMILES string of the molecule is COc1c(OC2CCN(C(=O)OC(C)C)CC2)nc[nH]c1=O. The van der Waals surface area contributed by atoms with Gasteiger partial charge in [-0.2, -0.15) is 0 Å². The number of aromatic nitrogens is 2. The number of nitrogens with one attached hydrogen (secondary N) is 1. The Kier molecular flexibility index (Phi) is 5.24. The molecule has 1 aliphatic heterocycles. The molecule has 2 heterocycles. The van der Waals surface area contributed by atoms with Gasteiger partial charge in [-0.25, -0.2) is 9.78 Å². The predicted octanol–water partition coefficient (Wildman–Crippen LogP) is 1.17. The number of amides is 1. The number of carbonyl (C=O) groups excluding carboxylic acids is 1. The number of ether oxygens (including phenoxy) is 3. The minimum Gasteiger partial charge on any atom is -0.487 e. The average Bonchev–Trinajstić information content (AvgIpc) is 2.47. The van der Waals surface area contributed by atoms with Gasteiger partial charge in [0.1, 0.15) is 6.10 Å². The Hall–Kier alpha value is -2.25. The van der Waals surface area contributed by atoms with Crippen molar-refractivity contribution in [3.8, 4) is 11.6 Å². The smallest absolute Gasteiger partial charge is 0.410 e. The summed E-state index contributed by atoms with van der Waals surface area (Å²) in [6.07, 6.45) is 2.00. The third-order valence-electron chi connectivity index (χ3n) is 3.30. The first-order valence-electron chi connectivity index (χ1n) is 7.25. The van der Waals surface area contributed by atoms with E-state index in [1.54, 1.807) is 4.90 Å². The third kappa shape index (κ3) is 3.90. The summed E-state index contributed by atoms with van der Waals surface area (Å²) >= 11 is 0. The first-order chi connectivity index (χ1) is 10.5. The van der Waals surface area contributed by atoms with Crippen LogP contribution in [0.1, 0.15) is 26.7 Å². The van der Waals surface area contributed by atoms with E-state index in [4.69, 9.17) is 14.2 Å². The number of carbonyl (C=O) groups is 1. The van der Waals surface area contributed by atoms with Gasteiger partial charge in [0.05, 0.1) is 19.5 Å². The molecule has 8 nitrogen and oxygen atoms in total. The molecule has 0 radical (unpaired) electrons. The zero-order chi connectivity index (χ0) is 16.1. The molecule has 0 aromatic carbocycles. The highest BCUT2D eigenvalue weighted by Gasteiger charge is 2.26. The van der Waals surface area contributed by atoms with Gasteiger partial charge in [0, 0.05) is 25.9 Å². The Bertz CT molecular complexity index is 564. The predicted molar refractivity (Wildman–Crippen MR) is 78.2 cm³/mol. The summed E-state index contributed by atoms with van der Waals surface area (Å²) in [6.45, 7) is 4.72. The molecule has 122 valence electrons. The lowest BCUT2D eigenvalue weighted by atomic mass is 10.1. The molecule has 1 saturated heterocycles. The summed E-state index contributed by atoms with van der Waals surface area (Å²) < 4.78 is 15.9. The van der Waals surface area contributed by atoms with E-state index >= 15 is 0 Å². The van der Waals surface area contributed by atoms with Crippen LogP contribution in [0.5, 0.6) is 11.6 Å². The van der Waals surface area contributed by atoms with Crippen LogP contribution in [0.15, 0.2) is 11.1 Å². The molecule has 8 heteroatoms. The maximum absolute atomic E-state index is 11.8. The number of H-pyrrole nitrogens is 1. The van der Waals surface area contributed by atoms with E-state index < -0.39 is 0 Å². The van der Waals surface area contributed by atoms with Crippen LogP contribution in [0.2, 0.25) is 0 Å². The van der Waals surface area contributed by atoms with Crippen molar-refractivity contribution in [1.82, 2.24) is 14.9 Å². The minimum absolute atomic E-state index is 0.0594. The third-order valence-corrected chi connectivity index (χ3v) is 3.30. The van der Waals surface area contributed by atoms with E-state index in [0.717, 1.165) is 0 Å². The number of nitrogens with zero attached hydrogens (tertiary/aromatic N) is 2. The number of piperidine rings is 1. The van der Waals surface area contributed by atoms with Crippen LogP contribution >= 0.6 is 0 Å². The van der Waals surface area contributed by atoms with Crippen molar-refractivity contribution in [3.05, 3.63) is 16.7 Å². The van der Waals surface area contributed by atoms with Crippen molar-refractivity contribution in [2.24, 2.45) is 0 Å². The Balaban J connectivity index is 1.92. The normalized spacial score (nSPS) is 15.7. The maximum atomic E-state index is 11.8. The Morgan fingerprint density at radius 1 is 1.41 bits per heavy atom. The van der Waals surface area contributed by atoms with Gasteiger partial charge in [-0.05, 0) is 13.8 Å². The Labute approximate surface area is 128 Å². The molecule has 0 aliphatic carbocycles. The fourth-order valence-electron chi connectivity index (χ4n) is 2.23. The average molecular weight is 311 g/mol. The van der Waals surface area contributed by atoms with Crippen molar-refractivity contribution in [2.45, 2.75) is 38.9 Å². The van der Waals surface area contributed by atoms with E-state index in [2.05, 4.69) is 9.97 Å². The fraction of sp³-hybridized carbons (Fsp3) is 0.643. The zero-order valence-electron chi connectivity index (χ0n) is 13.0. The Morgan fingerprint density at radius 2 is 2.09 bits per heavy atom. The molecule has 0 atom stereocenters. The number of methoxy groups -OCH3 is 1. The summed E-state index contributed by atoms with van der Waals surface area (Å²) in [5.74, 6) is 0.235. The van der Waals surface area contributed by atoms with Crippen LogP contribution in [-0.4, -0.2) is 53.4 Å². The van der Waals surface area contributed by atoms with Gasteiger partial charge >= 0.3 is 6.09 Å². The second kappa shape index (κ2) is 7.15.